The first-order chi connectivity index (χ1) is 6.67. The number of rotatable bonds is 3. The zero-order valence-corrected chi connectivity index (χ0v) is 9.18. The molecule has 0 saturated carbocycles. The van der Waals surface area contributed by atoms with Crippen molar-refractivity contribution in [2.24, 2.45) is 0 Å². The molecule has 4 heteroatoms. The van der Waals surface area contributed by atoms with Crippen molar-refractivity contribution in [3.63, 3.8) is 0 Å². The fraction of sp³-hybridized carbons (Fsp3) is 0.300. The molecular weight excluding hydrogens is 200 g/mol. The summed E-state index contributed by atoms with van der Waals surface area (Å²) in [7, 11) is 3.16. The van der Waals surface area contributed by atoms with E-state index < -0.39 is 0 Å². The van der Waals surface area contributed by atoms with E-state index in [1.165, 1.54) is 6.92 Å². The molecule has 0 aliphatic rings. The maximum absolute atomic E-state index is 10.9. The number of carbonyl (C=O) groups excluding carboxylic acids is 1. The molecule has 0 aliphatic heterocycles. The van der Waals surface area contributed by atoms with Gasteiger partial charge in [-0.05, 0) is 23.9 Å². The van der Waals surface area contributed by atoms with Gasteiger partial charge in [-0.15, -0.1) is 0 Å². The summed E-state index contributed by atoms with van der Waals surface area (Å²) in [5.74, 6) is 1.37. The zero-order chi connectivity index (χ0) is 10.6. The van der Waals surface area contributed by atoms with E-state index in [2.05, 4.69) is 0 Å². The van der Waals surface area contributed by atoms with Crippen LogP contribution in [-0.2, 0) is 4.79 Å². The summed E-state index contributed by atoms with van der Waals surface area (Å²) >= 11 is 1.15. The smallest absolute Gasteiger partial charge is 0.190 e. The fourth-order valence-electron chi connectivity index (χ4n) is 1.01. The molecule has 1 aromatic rings. The minimum Gasteiger partial charge on any atom is -0.497 e. The molecule has 0 bridgehead atoms. The molecule has 0 amide bonds. The topological polar surface area (TPSA) is 35.5 Å². The molecule has 1 aromatic carbocycles. The average Bonchev–Trinajstić information content (AvgIpc) is 2.17. The van der Waals surface area contributed by atoms with Gasteiger partial charge in [0.1, 0.15) is 11.5 Å². The lowest BCUT2D eigenvalue weighted by Gasteiger charge is -2.08. The van der Waals surface area contributed by atoms with Crippen molar-refractivity contribution >= 4 is 16.9 Å². The molecule has 0 spiro atoms. The van der Waals surface area contributed by atoms with Crippen molar-refractivity contribution in [2.45, 2.75) is 11.8 Å². The second-order valence-electron chi connectivity index (χ2n) is 2.61. The lowest BCUT2D eigenvalue weighted by molar-refractivity contribution is -0.109. The predicted octanol–water partition coefficient (Wildman–Crippen LogP) is 2.34. The highest BCUT2D eigenvalue weighted by molar-refractivity contribution is 8.13. The van der Waals surface area contributed by atoms with Crippen molar-refractivity contribution in [1.29, 1.82) is 0 Å². The number of ether oxygens (including phenoxy) is 2. The molecule has 0 fully saturated rings. The van der Waals surface area contributed by atoms with E-state index >= 15 is 0 Å². The molecular formula is C10H12O3S. The van der Waals surface area contributed by atoms with E-state index in [1.807, 2.05) is 6.07 Å². The van der Waals surface area contributed by atoms with Crippen LogP contribution in [0.15, 0.2) is 23.1 Å². The first kappa shape index (κ1) is 10.9. The molecule has 0 radical (unpaired) electrons. The van der Waals surface area contributed by atoms with Crippen LogP contribution < -0.4 is 9.47 Å². The Morgan fingerprint density at radius 2 is 2.00 bits per heavy atom. The highest BCUT2D eigenvalue weighted by atomic mass is 32.2. The molecule has 0 heterocycles. The Morgan fingerprint density at radius 3 is 2.50 bits per heavy atom. The number of methoxy groups -OCH3 is 2. The van der Waals surface area contributed by atoms with Gasteiger partial charge in [0.2, 0.25) is 0 Å². The quantitative estimate of drug-likeness (QED) is 0.720. The van der Waals surface area contributed by atoms with Gasteiger partial charge in [-0.3, -0.25) is 4.79 Å². The van der Waals surface area contributed by atoms with Crippen LogP contribution in [0.4, 0.5) is 0 Å². The van der Waals surface area contributed by atoms with Crippen molar-refractivity contribution in [3.8, 4) is 11.5 Å². The highest BCUT2D eigenvalue weighted by Gasteiger charge is 2.07. The van der Waals surface area contributed by atoms with Gasteiger partial charge in [0, 0.05) is 13.0 Å². The zero-order valence-electron chi connectivity index (χ0n) is 8.37. The summed E-state index contributed by atoms with van der Waals surface area (Å²) < 4.78 is 10.2. The summed E-state index contributed by atoms with van der Waals surface area (Å²) in [6.07, 6.45) is 0. The number of carbonyl (C=O) groups is 1. The fourth-order valence-corrected chi connectivity index (χ4v) is 1.70. The third-order valence-corrected chi connectivity index (χ3v) is 2.47. The molecule has 0 aliphatic carbocycles. The Balaban J connectivity index is 2.98. The molecule has 0 unspecified atom stereocenters. The molecule has 0 atom stereocenters. The van der Waals surface area contributed by atoms with Crippen LogP contribution in [-0.4, -0.2) is 19.3 Å². The Hall–Kier alpha value is -1.16. The van der Waals surface area contributed by atoms with Gasteiger partial charge in [-0.25, -0.2) is 0 Å². The van der Waals surface area contributed by atoms with Crippen LogP contribution in [0.1, 0.15) is 6.92 Å². The largest absolute Gasteiger partial charge is 0.497 e. The number of hydrogen-bond donors (Lipinski definition) is 0. The second kappa shape index (κ2) is 4.91. The Kier molecular flexibility index (Phi) is 3.83. The van der Waals surface area contributed by atoms with Gasteiger partial charge in [0.05, 0.1) is 19.1 Å². The summed E-state index contributed by atoms with van der Waals surface area (Å²) in [4.78, 5) is 11.7. The van der Waals surface area contributed by atoms with Crippen molar-refractivity contribution < 1.29 is 14.3 Å². The van der Waals surface area contributed by atoms with Crippen LogP contribution in [0, 0.1) is 0 Å². The van der Waals surface area contributed by atoms with Gasteiger partial charge in [-0.1, -0.05) is 0 Å². The maximum atomic E-state index is 10.9. The van der Waals surface area contributed by atoms with E-state index in [1.54, 1.807) is 26.4 Å². The first-order valence-electron chi connectivity index (χ1n) is 4.08. The first-order valence-corrected chi connectivity index (χ1v) is 4.89. The molecule has 76 valence electrons. The third-order valence-electron chi connectivity index (χ3n) is 1.62. The van der Waals surface area contributed by atoms with E-state index in [0.29, 0.717) is 5.75 Å². The highest BCUT2D eigenvalue weighted by Crippen LogP contribution is 2.32. The number of hydrogen-bond acceptors (Lipinski definition) is 4. The number of thioether (sulfide) groups is 1. The standard InChI is InChI=1S/C10H12O3S/c1-7(11)14-10-5-4-8(12-2)6-9(10)13-3/h4-6H,1-3H3. The van der Waals surface area contributed by atoms with Gasteiger partial charge >= 0.3 is 0 Å². The average molecular weight is 212 g/mol. The van der Waals surface area contributed by atoms with Gasteiger partial charge in [0.25, 0.3) is 0 Å². The molecule has 1 rings (SSSR count). The van der Waals surface area contributed by atoms with Crippen molar-refractivity contribution in [1.82, 2.24) is 0 Å². The minimum absolute atomic E-state index is 0.0356. The second-order valence-corrected chi connectivity index (χ2v) is 3.83. The van der Waals surface area contributed by atoms with Crippen LogP contribution in [0.3, 0.4) is 0 Å². The summed E-state index contributed by atoms with van der Waals surface area (Å²) in [5.41, 5.74) is 0. The van der Waals surface area contributed by atoms with Crippen LogP contribution in [0.2, 0.25) is 0 Å². The third kappa shape index (κ3) is 2.67. The van der Waals surface area contributed by atoms with E-state index in [4.69, 9.17) is 9.47 Å². The molecule has 0 aromatic heterocycles. The van der Waals surface area contributed by atoms with E-state index in [0.717, 1.165) is 22.4 Å². The Bertz CT molecular complexity index is 336. The lowest BCUT2D eigenvalue weighted by atomic mass is 10.3. The van der Waals surface area contributed by atoms with Crippen molar-refractivity contribution in [3.05, 3.63) is 18.2 Å². The van der Waals surface area contributed by atoms with Crippen LogP contribution in [0.5, 0.6) is 11.5 Å². The molecule has 3 nitrogen and oxygen atoms in total. The minimum atomic E-state index is 0.0356. The SMILES string of the molecule is COc1ccc(SC(C)=O)c(OC)c1. The summed E-state index contributed by atoms with van der Waals surface area (Å²) in [5, 5.41) is 0.0356. The summed E-state index contributed by atoms with van der Waals surface area (Å²) in [6.45, 7) is 1.52. The van der Waals surface area contributed by atoms with Gasteiger partial charge in [-0.2, -0.15) is 0 Å². The molecule has 14 heavy (non-hydrogen) atoms. The van der Waals surface area contributed by atoms with Gasteiger partial charge in [0.15, 0.2) is 5.12 Å². The number of benzene rings is 1. The normalized spacial score (nSPS) is 9.64. The van der Waals surface area contributed by atoms with Crippen LogP contribution in [0.25, 0.3) is 0 Å². The summed E-state index contributed by atoms with van der Waals surface area (Å²) in [6, 6.07) is 5.36. The monoisotopic (exact) mass is 212 g/mol. The van der Waals surface area contributed by atoms with Crippen LogP contribution >= 0.6 is 11.8 Å². The lowest BCUT2D eigenvalue weighted by Crippen LogP contribution is -1.90. The molecule has 0 N–H and O–H groups in total. The van der Waals surface area contributed by atoms with E-state index in [9.17, 15) is 4.79 Å². The van der Waals surface area contributed by atoms with Crippen molar-refractivity contribution in [2.75, 3.05) is 14.2 Å². The molecule has 0 saturated heterocycles. The van der Waals surface area contributed by atoms with E-state index in [-0.39, 0.29) is 5.12 Å². The predicted molar refractivity (Wildman–Crippen MR) is 56.1 cm³/mol. The Labute approximate surface area is 87.4 Å². The maximum Gasteiger partial charge on any atom is 0.190 e. The van der Waals surface area contributed by atoms with Gasteiger partial charge < -0.3 is 9.47 Å². The Morgan fingerprint density at radius 1 is 1.29 bits per heavy atom.